The maximum atomic E-state index is 11.6. The first-order valence-corrected chi connectivity index (χ1v) is 6.06. The zero-order valence-corrected chi connectivity index (χ0v) is 10.6. The molecule has 7 nitrogen and oxygen atoms in total. The standard InChI is InChI=1S/C11H17N5O2/c1-3-5-6-18-10-14-8(12)7-9(15-10)16(4-2)11(17)13-7/h3-6H2,1-2H3,(H,13,17)(H2,12,14,15). The number of hydrogen-bond acceptors (Lipinski definition) is 5. The molecule has 0 aromatic carbocycles. The number of hydrogen-bond donors (Lipinski definition) is 2. The molecule has 0 fully saturated rings. The molecule has 18 heavy (non-hydrogen) atoms. The Morgan fingerprint density at radius 3 is 2.83 bits per heavy atom. The molecule has 3 N–H and O–H groups in total. The van der Waals surface area contributed by atoms with Crippen LogP contribution in [-0.4, -0.2) is 26.1 Å². The molecule has 0 saturated carbocycles. The van der Waals surface area contributed by atoms with Crippen molar-refractivity contribution in [3.63, 3.8) is 0 Å². The van der Waals surface area contributed by atoms with Crippen molar-refractivity contribution < 1.29 is 4.74 Å². The second-order valence-electron chi connectivity index (χ2n) is 3.97. The van der Waals surface area contributed by atoms with Gasteiger partial charge in [-0.05, 0) is 13.3 Å². The van der Waals surface area contributed by atoms with E-state index in [9.17, 15) is 4.79 Å². The summed E-state index contributed by atoms with van der Waals surface area (Å²) in [4.78, 5) is 22.5. The predicted molar refractivity (Wildman–Crippen MR) is 68.6 cm³/mol. The van der Waals surface area contributed by atoms with Crippen molar-refractivity contribution in [3.8, 4) is 6.01 Å². The van der Waals surface area contributed by atoms with Crippen LogP contribution in [0, 0.1) is 0 Å². The van der Waals surface area contributed by atoms with Gasteiger partial charge in [0.15, 0.2) is 11.5 Å². The summed E-state index contributed by atoms with van der Waals surface area (Å²) >= 11 is 0. The molecule has 0 aliphatic rings. The third-order valence-electron chi connectivity index (χ3n) is 2.68. The lowest BCUT2D eigenvalue weighted by molar-refractivity contribution is 0.286. The molecule has 98 valence electrons. The number of aromatic nitrogens is 4. The maximum absolute atomic E-state index is 11.6. The molecule has 0 unspecified atom stereocenters. The van der Waals surface area contributed by atoms with Crippen molar-refractivity contribution in [2.45, 2.75) is 33.2 Å². The number of nitrogen functional groups attached to an aromatic ring is 1. The van der Waals surface area contributed by atoms with E-state index in [2.05, 4.69) is 21.9 Å². The Kier molecular flexibility index (Phi) is 3.50. The molecule has 0 aliphatic heterocycles. The molecule has 0 bridgehead atoms. The van der Waals surface area contributed by atoms with E-state index < -0.39 is 0 Å². The lowest BCUT2D eigenvalue weighted by Crippen LogP contribution is -2.15. The van der Waals surface area contributed by atoms with Gasteiger partial charge in [0, 0.05) is 6.54 Å². The van der Waals surface area contributed by atoms with Gasteiger partial charge in [0.1, 0.15) is 5.52 Å². The highest BCUT2D eigenvalue weighted by atomic mass is 16.5. The molecule has 0 aliphatic carbocycles. The molecule has 2 aromatic rings. The Bertz CT molecular complexity index is 601. The van der Waals surface area contributed by atoms with Gasteiger partial charge in [-0.1, -0.05) is 13.3 Å². The van der Waals surface area contributed by atoms with Gasteiger partial charge in [-0.3, -0.25) is 4.57 Å². The van der Waals surface area contributed by atoms with Crippen LogP contribution in [0.15, 0.2) is 4.79 Å². The smallest absolute Gasteiger partial charge is 0.327 e. The number of nitrogens with zero attached hydrogens (tertiary/aromatic N) is 3. The molecular formula is C11H17N5O2. The van der Waals surface area contributed by atoms with Gasteiger partial charge in [-0.25, -0.2) is 4.79 Å². The van der Waals surface area contributed by atoms with E-state index in [0.717, 1.165) is 12.8 Å². The van der Waals surface area contributed by atoms with Gasteiger partial charge >= 0.3 is 11.7 Å². The SMILES string of the molecule is CCCCOc1nc(N)c2[nH]c(=O)n(CC)c2n1. The van der Waals surface area contributed by atoms with Crippen molar-refractivity contribution in [3.05, 3.63) is 10.5 Å². The van der Waals surface area contributed by atoms with Gasteiger partial charge in [-0.15, -0.1) is 0 Å². The Hall–Kier alpha value is -2.05. The van der Waals surface area contributed by atoms with Crippen LogP contribution in [0.25, 0.3) is 11.2 Å². The molecule has 0 spiro atoms. The first kappa shape index (κ1) is 12.4. The van der Waals surface area contributed by atoms with Crippen molar-refractivity contribution in [1.29, 1.82) is 0 Å². The summed E-state index contributed by atoms with van der Waals surface area (Å²) in [7, 11) is 0. The van der Waals surface area contributed by atoms with Gasteiger partial charge in [0.05, 0.1) is 6.61 Å². The minimum Gasteiger partial charge on any atom is -0.463 e. The summed E-state index contributed by atoms with van der Waals surface area (Å²) < 4.78 is 6.91. The molecule has 0 saturated heterocycles. The number of fused-ring (bicyclic) bond motifs is 1. The van der Waals surface area contributed by atoms with Gasteiger partial charge < -0.3 is 15.5 Å². The van der Waals surface area contributed by atoms with Gasteiger partial charge in [-0.2, -0.15) is 9.97 Å². The van der Waals surface area contributed by atoms with Crippen molar-refractivity contribution >= 4 is 17.0 Å². The number of nitrogens with one attached hydrogen (secondary N) is 1. The van der Waals surface area contributed by atoms with Gasteiger partial charge in [0.25, 0.3) is 0 Å². The third kappa shape index (κ3) is 2.15. The number of nitrogens with two attached hydrogens (primary N) is 1. The number of aromatic amines is 1. The summed E-state index contributed by atoms with van der Waals surface area (Å²) in [6.45, 7) is 5.00. The highest BCUT2D eigenvalue weighted by Gasteiger charge is 2.13. The van der Waals surface area contributed by atoms with Crippen molar-refractivity contribution in [2.24, 2.45) is 0 Å². The van der Waals surface area contributed by atoms with E-state index in [-0.39, 0.29) is 17.5 Å². The van der Waals surface area contributed by atoms with E-state index in [1.54, 1.807) is 0 Å². The number of ether oxygens (including phenoxy) is 1. The Morgan fingerprint density at radius 2 is 2.17 bits per heavy atom. The second-order valence-corrected chi connectivity index (χ2v) is 3.97. The average molecular weight is 251 g/mol. The number of anilines is 1. The normalized spacial score (nSPS) is 11.0. The lowest BCUT2D eigenvalue weighted by atomic mass is 10.4. The maximum Gasteiger partial charge on any atom is 0.327 e. The summed E-state index contributed by atoms with van der Waals surface area (Å²) in [5.74, 6) is 0.232. The van der Waals surface area contributed by atoms with E-state index in [1.165, 1.54) is 4.57 Å². The van der Waals surface area contributed by atoms with Crippen molar-refractivity contribution in [1.82, 2.24) is 19.5 Å². The summed E-state index contributed by atoms with van der Waals surface area (Å²) in [6.07, 6.45) is 1.95. The third-order valence-corrected chi connectivity index (χ3v) is 2.68. The molecule has 2 aromatic heterocycles. The fourth-order valence-electron chi connectivity index (χ4n) is 1.70. The molecule has 0 atom stereocenters. The van der Waals surface area contributed by atoms with E-state index in [0.29, 0.717) is 24.3 Å². The van der Waals surface area contributed by atoms with Crippen LogP contribution >= 0.6 is 0 Å². The first-order chi connectivity index (χ1) is 8.67. The molecule has 0 radical (unpaired) electrons. The van der Waals surface area contributed by atoms with Crippen molar-refractivity contribution in [2.75, 3.05) is 12.3 Å². The lowest BCUT2D eigenvalue weighted by Gasteiger charge is -2.05. The van der Waals surface area contributed by atoms with Crippen LogP contribution < -0.4 is 16.2 Å². The largest absolute Gasteiger partial charge is 0.463 e. The van der Waals surface area contributed by atoms with Gasteiger partial charge in [0.2, 0.25) is 0 Å². The second kappa shape index (κ2) is 5.07. The molecule has 7 heteroatoms. The van der Waals surface area contributed by atoms with E-state index in [4.69, 9.17) is 10.5 Å². The first-order valence-electron chi connectivity index (χ1n) is 6.06. The summed E-state index contributed by atoms with van der Waals surface area (Å²) in [5, 5.41) is 0. The zero-order valence-electron chi connectivity index (χ0n) is 10.6. The van der Waals surface area contributed by atoms with Crippen LogP contribution in [0.1, 0.15) is 26.7 Å². The minimum absolute atomic E-state index is 0.217. The summed E-state index contributed by atoms with van der Waals surface area (Å²) in [5.41, 5.74) is 6.50. The Balaban J connectivity index is 2.43. The topological polar surface area (TPSA) is 98.8 Å². The predicted octanol–water partition coefficient (Wildman–Crippen LogP) is 0.901. The number of aryl methyl sites for hydroxylation is 1. The Morgan fingerprint density at radius 1 is 1.39 bits per heavy atom. The molecule has 2 heterocycles. The fraction of sp³-hybridized carbons (Fsp3) is 0.545. The number of imidazole rings is 1. The number of unbranched alkanes of at least 4 members (excludes halogenated alkanes) is 1. The quantitative estimate of drug-likeness (QED) is 0.769. The highest BCUT2D eigenvalue weighted by molar-refractivity contribution is 5.81. The number of rotatable bonds is 5. The van der Waals surface area contributed by atoms with Crippen LogP contribution in [0.3, 0.4) is 0 Å². The fourth-order valence-corrected chi connectivity index (χ4v) is 1.70. The van der Waals surface area contributed by atoms with E-state index in [1.807, 2.05) is 6.92 Å². The van der Waals surface area contributed by atoms with Crippen LogP contribution in [-0.2, 0) is 6.54 Å². The highest BCUT2D eigenvalue weighted by Crippen LogP contribution is 2.17. The zero-order chi connectivity index (χ0) is 13.1. The van der Waals surface area contributed by atoms with Crippen LogP contribution in [0.4, 0.5) is 5.82 Å². The van der Waals surface area contributed by atoms with E-state index >= 15 is 0 Å². The molecule has 2 rings (SSSR count). The number of H-pyrrole nitrogens is 1. The van der Waals surface area contributed by atoms with Crippen LogP contribution in [0.2, 0.25) is 0 Å². The minimum atomic E-state index is -0.237. The van der Waals surface area contributed by atoms with Crippen LogP contribution in [0.5, 0.6) is 6.01 Å². The summed E-state index contributed by atoms with van der Waals surface area (Å²) in [6, 6.07) is 0.217. The molecular weight excluding hydrogens is 234 g/mol. The monoisotopic (exact) mass is 251 g/mol. The molecule has 0 amide bonds. The average Bonchev–Trinajstić information content (AvgIpc) is 2.66. The Labute approximate surface area is 104 Å².